The predicted molar refractivity (Wildman–Crippen MR) is 75.4 cm³/mol. The van der Waals surface area contributed by atoms with Crippen molar-refractivity contribution in [3.63, 3.8) is 0 Å². The molecule has 0 spiro atoms. The van der Waals surface area contributed by atoms with E-state index in [-0.39, 0.29) is 5.75 Å². The summed E-state index contributed by atoms with van der Waals surface area (Å²) in [5, 5.41) is 14.5. The number of aryl methyl sites for hydroxylation is 1. The Bertz CT molecular complexity index is 702. The first-order valence-corrected chi connectivity index (χ1v) is 6.16. The first-order chi connectivity index (χ1) is 9.25. The molecule has 3 aromatic rings. The van der Waals surface area contributed by atoms with Gasteiger partial charge in [0.2, 0.25) is 0 Å². The van der Waals surface area contributed by atoms with E-state index in [9.17, 15) is 5.11 Å². The summed E-state index contributed by atoms with van der Waals surface area (Å²) in [4.78, 5) is 0. The van der Waals surface area contributed by atoms with Crippen LogP contribution in [0.1, 0.15) is 5.56 Å². The number of hydrogen-bond acceptors (Lipinski definition) is 2. The van der Waals surface area contributed by atoms with Gasteiger partial charge in [-0.2, -0.15) is 5.10 Å². The third kappa shape index (κ3) is 2.10. The summed E-state index contributed by atoms with van der Waals surface area (Å²) in [6.45, 7) is 2.02. The van der Waals surface area contributed by atoms with Gasteiger partial charge < -0.3 is 5.11 Å². The van der Waals surface area contributed by atoms with Gasteiger partial charge in [0.1, 0.15) is 5.69 Å². The Morgan fingerprint density at radius 2 is 1.63 bits per heavy atom. The van der Waals surface area contributed by atoms with Crippen molar-refractivity contribution in [1.29, 1.82) is 0 Å². The van der Waals surface area contributed by atoms with Crippen LogP contribution in [0.3, 0.4) is 0 Å². The van der Waals surface area contributed by atoms with E-state index in [1.807, 2.05) is 61.5 Å². The van der Waals surface area contributed by atoms with E-state index >= 15 is 0 Å². The molecule has 0 amide bonds. The molecule has 94 valence electrons. The molecule has 1 N–H and O–H groups in total. The van der Waals surface area contributed by atoms with Crippen LogP contribution in [0.5, 0.6) is 5.75 Å². The van der Waals surface area contributed by atoms with Gasteiger partial charge in [0.05, 0.1) is 11.9 Å². The number of nitrogens with zero attached hydrogens (tertiary/aromatic N) is 2. The molecule has 1 heterocycles. The summed E-state index contributed by atoms with van der Waals surface area (Å²) in [5.74, 6) is 0.189. The zero-order chi connectivity index (χ0) is 13.2. The first kappa shape index (κ1) is 11.5. The third-order valence-corrected chi connectivity index (χ3v) is 3.10. The van der Waals surface area contributed by atoms with E-state index in [1.165, 1.54) is 0 Å². The second-order valence-electron chi connectivity index (χ2n) is 4.46. The van der Waals surface area contributed by atoms with Crippen molar-refractivity contribution in [3.8, 4) is 22.7 Å². The average Bonchev–Trinajstić information content (AvgIpc) is 2.82. The molecule has 0 saturated heterocycles. The zero-order valence-electron chi connectivity index (χ0n) is 10.6. The topological polar surface area (TPSA) is 38.0 Å². The van der Waals surface area contributed by atoms with Gasteiger partial charge in [-0.15, -0.1) is 0 Å². The quantitative estimate of drug-likeness (QED) is 0.755. The van der Waals surface area contributed by atoms with Gasteiger partial charge in [0.15, 0.2) is 5.75 Å². The fraction of sp³-hybridized carbons (Fsp3) is 0.0625. The van der Waals surface area contributed by atoms with Crippen LogP contribution >= 0.6 is 0 Å². The fourth-order valence-electron chi connectivity index (χ4n) is 2.11. The maximum Gasteiger partial charge on any atom is 0.162 e. The number of benzene rings is 2. The van der Waals surface area contributed by atoms with Crippen molar-refractivity contribution >= 4 is 0 Å². The molecule has 0 aliphatic heterocycles. The maximum absolute atomic E-state index is 10.1. The summed E-state index contributed by atoms with van der Waals surface area (Å²) in [6.07, 6.45) is 1.64. The molecule has 1 aromatic heterocycles. The lowest BCUT2D eigenvalue weighted by atomic mass is 10.1. The van der Waals surface area contributed by atoms with Crippen molar-refractivity contribution in [2.45, 2.75) is 6.92 Å². The van der Waals surface area contributed by atoms with Crippen molar-refractivity contribution in [2.24, 2.45) is 0 Å². The minimum Gasteiger partial charge on any atom is -0.504 e. The highest BCUT2D eigenvalue weighted by molar-refractivity contribution is 5.65. The molecule has 2 aromatic carbocycles. The maximum atomic E-state index is 10.1. The summed E-state index contributed by atoms with van der Waals surface area (Å²) in [6, 6.07) is 17.6. The zero-order valence-corrected chi connectivity index (χ0v) is 10.6. The molecular weight excluding hydrogens is 236 g/mol. The first-order valence-electron chi connectivity index (χ1n) is 6.16. The number of aromatic nitrogens is 2. The lowest BCUT2D eigenvalue weighted by molar-refractivity contribution is 0.477. The molecule has 0 unspecified atom stereocenters. The molecule has 3 heteroatoms. The van der Waals surface area contributed by atoms with Gasteiger partial charge in [-0.3, -0.25) is 0 Å². The third-order valence-electron chi connectivity index (χ3n) is 3.10. The normalized spacial score (nSPS) is 10.6. The van der Waals surface area contributed by atoms with E-state index in [0.717, 1.165) is 16.8 Å². The van der Waals surface area contributed by atoms with Crippen molar-refractivity contribution in [1.82, 2.24) is 9.78 Å². The van der Waals surface area contributed by atoms with E-state index in [2.05, 4.69) is 5.10 Å². The highest BCUT2D eigenvalue weighted by Crippen LogP contribution is 2.28. The summed E-state index contributed by atoms with van der Waals surface area (Å²) < 4.78 is 1.72. The molecular formula is C16H14N2O. The van der Waals surface area contributed by atoms with Gasteiger partial charge in [0, 0.05) is 5.56 Å². The Morgan fingerprint density at radius 3 is 2.37 bits per heavy atom. The lowest BCUT2D eigenvalue weighted by Crippen LogP contribution is -1.97. The Labute approximate surface area is 111 Å². The van der Waals surface area contributed by atoms with Crippen molar-refractivity contribution in [2.75, 3.05) is 0 Å². The smallest absolute Gasteiger partial charge is 0.162 e. The molecule has 0 radical (unpaired) electrons. The Kier molecular flexibility index (Phi) is 2.80. The highest BCUT2D eigenvalue weighted by atomic mass is 16.3. The van der Waals surface area contributed by atoms with Crippen LogP contribution in [0, 0.1) is 6.92 Å². The van der Waals surface area contributed by atoms with E-state index in [4.69, 9.17) is 0 Å². The molecule has 0 atom stereocenters. The highest BCUT2D eigenvalue weighted by Gasteiger charge is 2.11. The molecule has 0 bridgehead atoms. The lowest BCUT2D eigenvalue weighted by Gasteiger charge is -2.04. The van der Waals surface area contributed by atoms with E-state index in [1.54, 1.807) is 10.9 Å². The molecule has 3 rings (SSSR count). The van der Waals surface area contributed by atoms with Crippen LogP contribution < -0.4 is 0 Å². The minimum absolute atomic E-state index is 0.189. The average molecular weight is 250 g/mol. The Morgan fingerprint density at radius 1 is 0.947 bits per heavy atom. The van der Waals surface area contributed by atoms with Gasteiger partial charge in [-0.1, -0.05) is 48.5 Å². The summed E-state index contributed by atoms with van der Waals surface area (Å²) in [7, 11) is 0. The Balaban J connectivity index is 2.10. The van der Waals surface area contributed by atoms with Gasteiger partial charge in [0.25, 0.3) is 0 Å². The monoisotopic (exact) mass is 250 g/mol. The van der Waals surface area contributed by atoms with E-state index in [0.29, 0.717) is 5.69 Å². The molecule has 0 fully saturated rings. The largest absolute Gasteiger partial charge is 0.504 e. The molecule has 19 heavy (non-hydrogen) atoms. The van der Waals surface area contributed by atoms with Crippen LogP contribution in [0.2, 0.25) is 0 Å². The number of aromatic hydroxyl groups is 1. The van der Waals surface area contributed by atoms with Crippen LogP contribution in [0.4, 0.5) is 0 Å². The van der Waals surface area contributed by atoms with Gasteiger partial charge >= 0.3 is 0 Å². The molecule has 0 saturated carbocycles. The van der Waals surface area contributed by atoms with Gasteiger partial charge in [-0.25, -0.2) is 4.68 Å². The number of hydrogen-bond donors (Lipinski definition) is 1. The van der Waals surface area contributed by atoms with Crippen molar-refractivity contribution < 1.29 is 5.11 Å². The molecule has 0 aliphatic carbocycles. The van der Waals surface area contributed by atoms with E-state index < -0.39 is 0 Å². The van der Waals surface area contributed by atoms with Crippen molar-refractivity contribution in [3.05, 3.63) is 66.4 Å². The van der Waals surface area contributed by atoms with Gasteiger partial charge in [-0.05, 0) is 18.6 Å². The fourth-order valence-corrected chi connectivity index (χ4v) is 2.11. The molecule has 3 nitrogen and oxygen atoms in total. The summed E-state index contributed by atoms with van der Waals surface area (Å²) in [5.41, 5.74) is 3.60. The second kappa shape index (κ2) is 4.61. The number of rotatable bonds is 2. The van der Waals surface area contributed by atoms with Crippen LogP contribution in [0.15, 0.2) is 60.8 Å². The Hall–Kier alpha value is -2.55. The van der Waals surface area contributed by atoms with Crippen LogP contribution in [0.25, 0.3) is 16.9 Å². The second-order valence-corrected chi connectivity index (χ2v) is 4.46. The molecule has 0 aliphatic rings. The predicted octanol–water partition coefficient (Wildman–Crippen LogP) is 3.55. The standard InChI is InChI=1S/C16H14N2O/c1-12-7-5-6-10-14(12)18-11-15(19)16(17-18)13-8-3-2-4-9-13/h2-11,19H,1H3. The van der Waals surface area contributed by atoms with Crippen LogP contribution in [-0.4, -0.2) is 14.9 Å². The minimum atomic E-state index is 0.189. The SMILES string of the molecule is Cc1ccccc1-n1cc(O)c(-c2ccccc2)n1. The summed E-state index contributed by atoms with van der Waals surface area (Å²) >= 11 is 0. The van der Waals surface area contributed by atoms with Crippen LogP contribution in [-0.2, 0) is 0 Å². The number of para-hydroxylation sites is 1.